The van der Waals surface area contributed by atoms with Gasteiger partial charge in [0.1, 0.15) is 6.04 Å². The minimum atomic E-state index is -0.841. The number of hydrogen-bond acceptors (Lipinski definition) is 5. The number of carbonyl (C=O) groups excluding carboxylic acids is 2. The number of carboxylic acid groups (broad SMARTS) is 1. The minimum Gasteiger partial charge on any atom is -0.480 e. The molecule has 0 spiro atoms. The lowest BCUT2D eigenvalue weighted by Gasteiger charge is -2.18. The van der Waals surface area contributed by atoms with Crippen molar-refractivity contribution in [1.29, 1.82) is 0 Å². The molecular formula is C16H28N5O4S. The van der Waals surface area contributed by atoms with Crippen molar-refractivity contribution in [3.63, 3.8) is 0 Å². The smallest absolute Gasteiger partial charge is 0.320 e. The first-order chi connectivity index (χ1) is 12.5. The van der Waals surface area contributed by atoms with Gasteiger partial charge in [-0.05, 0) is 32.2 Å². The van der Waals surface area contributed by atoms with Crippen LogP contribution in [-0.4, -0.2) is 58.7 Å². The van der Waals surface area contributed by atoms with E-state index in [0.29, 0.717) is 31.1 Å². The number of hydrogen-bond donors (Lipinski definition) is 5. The summed E-state index contributed by atoms with van der Waals surface area (Å²) in [4.78, 5) is 33.7. The standard InChI is InChI=1S/C16H28N5O4S/c17-21-13(22)7-2-1-3-8-18-10(15(23)24)5-4-6-12-14-11(9-26-12)19-16(25)20-14/h10-12,14,17-18H,1-9H2,(H,21,22)(H,23,24)(H2,19,20,25)/t10?,11-,12-,14-/m0/s1. The SMILES string of the molecule is [NH]NC(=O)CCCCCNC(CCC[C@@H]1SC[C@@H]2NC(=O)N[C@@H]21)C(=O)O. The molecule has 26 heavy (non-hydrogen) atoms. The Hall–Kier alpha value is -1.52. The molecule has 0 bridgehead atoms. The second-order valence-corrected chi connectivity index (χ2v) is 8.03. The number of thioether (sulfide) groups is 1. The van der Waals surface area contributed by atoms with Crippen molar-refractivity contribution in [1.82, 2.24) is 27.2 Å². The monoisotopic (exact) mass is 386 g/mol. The summed E-state index contributed by atoms with van der Waals surface area (Å²) in [6, 6.07) is -0.312. The molecule has 0 aliphatic carbocycles. The highest BCUT2D eigenvalue weighted by atomic mass is 32.2. The summed E-state index contributed by atoms with van der Waals surface area (Å²) in [6.45, 7) is 0.600. The molecule has 2 fully saturated rings. The highest BCUT2D eigenvalue weighted by Gasteiger charge is 2.42. The van der Waals surface area contributed by atoms with Crippen molar-refractivity contribution in [2.45, 2.75) is 68.3 Å². The van der Waals surface area contributed by atoms with Crippen molar-refractivity contribution in [3.05, 3.63) is 0 Å². The fraction of sp³-hybridized carbons (Fsp3) is 0.812. The molecule has 0 aromatic heterocycles. The van der Waals surface area contributed by atoms with Crippen LogP contribution in [0.15, 0.2) is 0 Å². The molecule has 10 heteroatoms. The number of rotatable bonds is 12. The van der Waals surface area contributed by atoms with E-state index in [1.165, 1.54) is 0 Å². The molecule has 2 aliphatic heterocycles. The van der Waals surface area contributed by atoms with E-state index in [2.05, 4.69) is 16.0 Å². The number of fused-ring (bicyclic) bond motifs is 1. The fourth-order valence-corrected chi connectivity index (χ4v) is 4.95. The van der Waals surface area contributed by atoms with E-state index in [-0.39, 0.29) is 24.0 Å². The van der Waals surface area contributed by atoms with Gasteiger partial charge in [-0.2, -0.15) is 17.6 Å². The maximum absolute atomic E-state index is 11.4. The van der Waals surface area contributed by atoms with Crippen LogP contribution >= 0.6 is 11.8 Å². The molecule has 1 unspecified atom stereocenters. The van der Waals surface area contributed by atoms with Gasteiger partial charge in [0.25, 0.3) is 0 Å². The quantitative estimate of drug-likeness (QED) is 0.185. The topological polar surface area (TPSA) is 143 Å². The van der Waals surface area contributed by atoms with E-state index >= 15 is 0 Å². The zero-order valence-electron chi connectivity index (χ0n) is 14.8. The second kappa shape index (κ2) is 10.6. The summed E-state index contributed by atoms with van der Waals surface area (Å²) in [7, 11) is 0. The summed E-state index contributed by atoms with van der Waals surface area (Å²) in [5.41, 5.74) is 1.84. The minimum absolute atomic E-state index is 0.101. The lowest BCUT2D eigenvalue weighted by atomic mass is 10.0. The molecule has 9 nitrogen and oxygen atoms in total. The third kappa shape index (κ3) is 6.33. The number of amides is 3. The van der Waals surface area contributed by atoms with Gasteiger partial charge in [-0.3, -0.25) is 15.0 Å². The predicted octanol–water partition coefficient (Wildman–Crippen LogP) is 0.239. The lowest BCUT2D eigenvalue weighted by molar-refractivity contribution is -0.139. The average molecular weight is 386 g/mol. The normalized spacial score (nSPS) is 25.3. The van der Waals surface area contributed by atoms with Gasteiger partial charge in [0.2, 0.25) is 5.91 Å². The number of urea groups is 1. The predicted molar refractivity (Wildman–Crippen MR) is 98.5 cm³/mol. The number of unbranched alkanes of at least 4 members (excludes halogenated alkanes) is 2. The van der Waals surface area contributed by atoms with E-state index in [1.54, 1.807) is 0 Å². The van der Waals surface area contributed by atoms with Crippen LogP contribution < -0.4 is 27.2 Å². The number of carbonyl (C=O) groups is 3. The summed E-state index contributed by atoms with van der Waals surface area (Å²) < 4.78 is 0. The number of carboxylic acids is 1. The van der Waals surface area contributed by atoms with Gasteiger partial charge < -0.3 is 21.1 Å². The maximum Gasteiger partial charge on any atom is 0.320 e. The fourth-order valence-electron chi connectivity index (χ4n) is 3.41. The van der Waals surface area contributed by atoms with Gasteiger partial charge in [0.15, 0.2) is 0 Å². The largest absolute Gasteiger partial charge is 0.480 e. The molecule has 6 N–H and O–H groups in total. The molecule has 0 saturated carbocycles. The zero-order valence-corrected chi connectivity index (χ0v) is 15.6. The van der Waals surface area contributed by atoms with Gasteiger partial charge in [-0.15, -0.1) is 0 Å². The van der Waals surface area contributed by atoms with Crippen molar-refractivity contribution in [2.75, 3.05) is 12.3 Å². The molecule has 0 aromatic rings. The lowest BCUT2D eigenvalue weighted by Crippen LogP contribution is -2.38. The average Bonchev–Trinajstić information content (AvgIpc) is 3.15. The van der Waals surface area contributed by atoms with Gasteiger partial charge >= 0.3 is 12.0 Å². The van der Waals surface area contributed by atoms with E-state index in [4.69, 9.17) is 5.84 Å². The number of aliphatic carboxylic acids is 1. The van der Waals surface area contributed by atoms with Crippen molar-refractivity contribution >= 4 is 29.7 Å². The van der Waals surface area contributed by atoms with Crippen LogP contribution in [0.1, 0.15) is 44.9 Å². The first kappa shape index (κ1) is 20.8. The van der Waals surface area contributed by atoms with E-state index in [1.807, 2.05) is 17.2 Å². The van der Waals surface area contributed by atoms with Crippen LogP contribution in [-0.2, 0) is 9.59 Å². The zero-order chi connectivity index (χ0) is 18.9. The van der Waals surface area contributed by atoms with Crippen LogP contribution in [0.25, 0.3) is 0 Å². The van der Waals surface area contributed by atoms with Gasteiger partial charge in [-0.1, -0.05) is 12.8 Å². The molecule has 4 atom stereocenters. The third-order valence-electron chi connectivity index (χ3n) is 4.83. The van der Waals surface area contributed by atoms with Gasteiger partial charge in [0, 0.05) is 17.4 Å². The van der Waals surface area contributed by atoms with Crippen LogP contribution in [0.5, 0.6) is 0 Å². The molecule has 2 rings (SSSR count). The Morgan fingerprint density at radius 3 is 2.81 bits per heavy atom. The van der Waals surface area contributed by atoms with E-state index < -0.39 is 12.0 Å². The van der Waals surface area contributed by atoms with Crippen LogP contribution in [0.3, 0.4) is 0 Å². The maximum atomic E-state index is 11.4. The molecule has 0 aromatic carbocycles. The molecular weight excluding hydrogens is 358 g/mol. The first-order valence-electron chi connectivity index (χ1n) is 9.11. The van der Waals surface area contributed by atoms with Crippen LogP contribution in [0.2, 0.25) is 0 Å². The van der Waals surface area contributed by atoms with E-state index in [9.17, 15) is 19.5 Å². The van der Waals surface area contributed by atoms with Crippen LogP contribution in [0.4, 0.5) is 4.79 Å². The van der Waals surface area contributed by atoms with Crippen molar-refractivity contribution in [2.24, 2.45) is 0 Å². The highest BCUT2D eigenvalue weighted by Crippen LogP contribution is 2.33. The Balaban J connectivity index is 1.58. The molecule has 2 aliphatic rings. The molecule has 3 amide bonds. The number of nitrogens with one attached hydrogen (secondary N) is 5. The highest BCUT2D eigenvalue weighted by molar-refractivity contribution is 8.00. The summed E-state index contributed by atoms with van der Waals surface area (Å²) in [5.74, 6) is 6.48. The molecule has 2 saturated heterocycles. The Bertz CT molecular complexity index is 507. The molecule has 2 heterocycles. The molecule has 147 valence electrons. The Morgan fingerprint density at radius 2 is 2.08 bits per heavy atom. The first-order valence-corrected chi connectivity index (χ1v) is 10.2. The Morgan fingerprint density at radius 1 is 1.27 bits per heavy atom. The summed E-state index contributed by atoms with van der Waals surface area (Å²) in [5, 5.41) is 18.6. The van der Waals surface area contributed by atoms with E-state index in [0.717, 1.165) is 31.4 Å². The third-order valence-corrected chi connectivity index (χ3v) is 6.34. The van der Waals surface area contributed by atoms with Crippen molar-refractivity contribution in [3.8, 4) is 0 Å². The van der Waals surface area contributed by atoms with Crippen molar-refractivity contribution < 1.29 is 19.5 Å². The second-order valence-electron chi connectivity index (χ2n) is 6.76. The van der Waals surface area contributed by atoms with Crippen LogP contribution in [0, 0.1) is 0 Å². The summed E-state index contributed by atoms with van der Waals surface area (Å²) >= 11 is 1.84. The van der Waals surface area contributed by atoms with Gasteiger partial charge in [0.05, 0.1) is 12.1 Å². The molecule has 1 radical (unpaired) electrons. The van der Waals surface area contributed by atoms with Gasteiger partial charge in [-0.25, -0.2) is 4.79 Å². The Labute approximate surface area is 157 Å². The summed E-state index contributed by atoms with van der Waals surface area (Å²) in [6.07, 6.45) is 4.90. The Kier molecular flexibility index (Phi) is 8.46.